The number of carboxylic acid groups (broad SMARTS) is 1. The number of carboxylic acids is 1. The molecule has 4 nitrogen and oxygen atoms in total. The Labute approximate surface area is 126 Å². The molecule has 0 atom stereocenters. The average molecular weight is 308 g/mol. The van der Waals surface area contributed by atoms with Crippen LogP contribution in [0.4, 0.5) is 15.2 Å². The Hall–Kier alpha value is -1.95. The third kappa shape index (κ3) is 3.21. The molecule has 0 unspecified atom stereocenters. The topological polar surface area (TPSA) is 53.4 Å². The highest BCUT2D eigenvalue weighted by molar-refractivity contribution is 7.17. The number of benzene rings is 1. The average Bonchev–Trinajstić information content (AvgIpc) is 2.84. The summed E-state index contributed by atoms with van der Waals surface area (Å²) >= 11 is 1.12. The Bertz CT molecular complexity index is 659. The molecule has 0 radical (unpaired) electrons. The zero-order chi connectivity index (χ0) is 15.8. The maximum atomic E-state index is 13.0. The molecule has 112 valence electrons. The third-order valence-corrected chi connectivity index (χ3v) is 4.14. The number of carbonyl (C=O) groups is 1. The first-order valence-electron chi connectivity index (χ1n) is 6.44. The lowest BCUT2D eigenvalue weighted by molar-refractivity contribution is 0.0699. The maximum Gasteiger partial charge on any atom is 0.347 e. The number of thiazole rings is 1. The number of aromatic carboxylic acids is 1. The van der Waals surface area contributed by atoms with Crippen molar-refractivity contribution in [3.8, 4) is 0 Å². The largest absolute Gasteiger partial charge is 0.477 e. The smallest absolute Gasteiger partial charge is 0.347 e. The molecule has 2 rings (SSSR count). The van der Waals surface area contributed by atoms with Crippen molar-refractivity contribution in [1.82, 2.24) is 4.98 Å². The van der Waals surface area contributed by atoms with E-state index in [9.17, 15) is 14.3 Å². The van der Waals surface area contributed by atoms with Crippen LogP contribution in [0.2, 0.25) is 0 Å². The lowest BCUT2D eigenvalue weighted by Crippen LogP contribution is -2.16. The summed E-state index contributed by atoms with van der Waals surface area (Å²) in [7, 11) is 1.78. The zero-order valence-corrected chi connectivity index (χ0v) is 13.2. The zero-order valence-electron chi connectivity index (χ0n) is 12.3. The number of nitrogens with zero attached hydrogens (tertiary/aromatic N) is 2. The molecular formula is C15H17FN2O2S. The second-order valence-electron chi connectivity index (χ2n) is 5.76. The molecule has 21 heavy (non-hydrogen) atoms. The van der Waals surface area contributed by atoms with E-state index in [1.165, 1.54) is 12.1 Å². The fourth-order valence-corrected chi connectivity index (χ4v) is 2.98. The molecule has 1 N–H and O–H groups in total. The maximum absolute atomic E-state index is 13.0. The van der Waals surface area contributed by atoms with Crippen LogP contribution in [-0.2, 0) is 5.41 Å². The van der Waals surface area contributed by atoms with Gasteiger partial charge in [-0.05, 0) is 24.3 Å². The van der Waals surface area contributed by atoms with Crippen LogP contribution in [0.5, 0.6) is 0 Å². The van der Waals surface area contributed by atoms with E-state index < -0.39 is 5.97 Å². The molecule has 0 aliphatic carbocycles. The molecule has 1 heterocycles. The van der Waals surface area contributed by atoms with E-state index in [-0.39, 0.29) is 16.1 Å². The number of halogens is 1. The molecule has 0 fully saturated rings. The Morgan fingerprint density at radius 2 is 1.86 bits per heavy atom. The lowest BCUT2D eigenvalue weighted by Gasteiger charge is -2.17. The van der Waals surface area contributed by atoms with Gasteiger partial charge in [-0.25, -0.2) is 14.2 Å². The third-order valence-electron chi connectivity index (χ3n) is 3.02. The van der Waals surface area contributed by atoms with Crippen molar-refractivity contribution < 1.29 is 14.3 Å². The summed E-state index contributed by atoms with van der Waals surface area (Å²) in [5.41, 5.74) is 0.957. The van der Waals surface area contributed by atoms with Crippen molar-refractivity contribution in [3.05, 3.63) is 40.7 Å². The fraction of sp³-hybridized carbons (Fsp3) is 0.333. The quantitative estimate of drug-likeness (QED) is 0.929. The van der Waals surface area contributed by atoms with Gasteiger partial charge in [-0.15, -0.1) is 0 Å². The number of hydrogen-bond acceptors (Lipinski definition) is 4. The van der Waals surface area contributed by atoms with Gasteiger partial charge in [0.05, 0.1) is 5.69 Å². The molecule has 0 aliphatic heterocycles. The van der Waals surface area contributed by atoms with Crippen LogP contribution in [0.15, 0.2) is 24.3 Å². The molecule has 2 aromatic rings. The molecule has 6 heteroatoms. The standard InChI is InChI=1S/C15H17FN2O2S/c1-15(2,3)12-11(13(19)20)21-14(17-12)18(4)10-7-5-9(16)6-8-10/h5-8H,1-4H3,(H,19,20). The second kappa shape index (κ2) is 5.44. The van der Waals surface area contributed by atoms with Crippen LogP contribution >= 0.6 is 11.3 Å². The summed E-state index contributed by atoms with van der Waals surface area (Å²) in [5, 5.41) is 9.91. The number of rotatable bonds is 3. The van der Waals surface area contributed by atoms with Gasteiger partial charge < -0.3 is 10.0 Å². The normalized spacial score (nSPS) is 11.5. The van der Waals surface area contributed by atoms with Crippen LogP contribution in [0.1, 0.15) is 36.1 Å². The summed E-state index contributed by atoms with van der Waals surface area (Å²) in [5.74, 6) is -1.29. The van der Waals surface area contributed by atoms with Gasteiger partial charge in [0.25, 0.3) is 0 Å². The van der Waals surface area contributed by atoms with E-state index >= 15 is 0 Å². The molecule has 0 aliphatic rings. The van der Waals surface area contributed by atoms with Gasteiger partial charge in [0.2, 0.25) is 0 Å². The highest BCUT2D eigenvalue weighted by Gasteiger charge is 2.28. The highest BCUT2D eigenvalue weighted by atomic mass is 32.1. The Balaban J connectivity index is 2.45. The van der Waals surface area contributed by atoms with Gasteiger partial charge in [0, 0.05) is 18.2 Å². The Morgan fingerprint density at radius 3 is 2.29 bits per heavy atom. The predicted molar refractivity (Wildman–Crippen MR) is 82.2 cm³/mol. The highest BCUT2D eigenvalue weighted by Crippen LogP contribution is 2.35. The lowest BCUT2D eigenvalue weighted by atomic mass is 9.91. The first-order valence-corrected chi connectivity index (χ1v) is 7.25. The number of anilines is 2. The predicted octanol–water partition coefficient (Wildman–Crippen LogP) is 4.05. The minimum Gasteiger partial charge on any atom is -0.477 e. The van der Waals surface area contributed by atoms with E-state index in [2.05, 4.69) is 4.98 Å². The minimum absolute atomic E-state index is 0.242. The number of hydrogen-bond donors (Lipinski definition) is 1. The molecular weight excluding hydrogens is 291 g/mol. The van der Waals surface area contributed by atoms with E-state index in [0.29, 0.717) is 10.8 Å². The van der Waals surface area contributed by atoms with Crippen molar-refractivity contribution in [2.45, 2.75) is 26.2 Å². The Morgan fingerprint density at radius 1 is 1.29 bits per heavy atom. The van der Waals surface area contributed by atoms with Gasteiger partial charge in [-0.3, -0.25) is 0 Å². The van der Waals surface area contributed by atoms with E-state index in [4.69, 9.17) is 0 Å². The Kier molecular flexibility index (Phi) is 4.00. The molecule has 1 aromatic heterocycles. The van der Waals surface area contributed by atoms with Crippen LogP contribution in [-0.4, -0.2) is 23.1 Å². The van der Waals surface area contributed by atoms with Crippen LogP contribution in [0.3, 0.4) is 0 Å². The molecule has 0 saturated carbocycles. The van der Waals surface area contributed by atoms with Crippen molar-refractivity contribution in [3.63, 3.8) is 0 Å². The first-order chi connectivity index (χ1) is 9.70. The van der Waals surface area contributed by atoms with Crippen molar-refractivity contribution in [1.29, 1.82) is 0 Å². The SMILES string of the molecule is CN(c1ccc(F)cc1)c1nc(C(C)(C)C)c(C(=O)O)s1. The van der Waals surface area contributed by atoms with Gasteiger partial charge in [-0.1, -0.05) is 32.1 Å². The van der Waals surface area contributed by atoms with E-state index in [1.54, 1.807) is 24.1 Å². The van der Waals surface area contributed by atoms with Gasteiger partial charge >= 0.3 is 5.97 Å². The monoisotopic (exact) mass is 308 g/mol. The van der Waals surface area contributed by atoms with Crippen molar-refractivity contribution in [2.75, 3.05) is 11.9 Å². The van der Waals surface area contributed by atoms with Crippen LogP contribution < -0.4 is 4.90 Å². The molecule has 1 aromatic carbocycles. The van der Waals surface area contributed by atoms with Crippen molar-refractivity contribution >= 4 is 28.1 Å². The summed E-state index contributed by atoms with van der Waals surface area (Å²) in [6, 6.07) is 5.99. The summed E-state index contributed by atoms with van der Waals surface area (Å²) in [4.78, 5) is 17.9. The molecule has 0 saturated heterocycles. The molecule has 0 bridgehead atoms. The minimum atomic E-state index is -0.976. The molecule has 0 amide bonds. The first kappa shape index (κ1) is 15.4. The summed E-state index contributed by atoms with van der Waals surface area (Å²) < 4.78 is 13.0. The van der Waals surface area contributed by atoms with E-state index in [1.807, 2.05) is 20.8 Å². The molecule has 0 spiro atoms. The van der Waals surface area contributed by atoms with E-state index in [0.717, 1.165) is 17.0 Å². The summed E-state index contributed by atoms with van der Waals surface area (Å²) in [6.45, 7) is 5.78. The van der Waals surface area contributed by atoms with Crippen LogP contribution in [0, 0.1) is 5.82 Å². The number of aromatic nitrogens is 1. The van der Waals surface area contributed by atoms with Crippen molar-refractivity contribution in [2.24, 2.45) is 0 Å². The van der Waals surface area contributed by atoms with Gasteiger partial charge in [-0.2, -0.15) is 0 Å². The van der Waals surface area contributed by atoms with Gasteiger partial charge in [0.15, 0.2) is 5.13 Å². The van der Waals surface area contributed by atoms with Crippen LogP contribution in [0.25, 0.3) is 0 Å². The second-order valence-corrected chi connectivity index (χ2v) is 6.74. The fourth-order valence-electron chi connectivity index (χ4n) is 1.88. The van der Waals surface area contributed by atoms with Gasteiger partial charge in [0.1, 0.15) is 10.7 Å². The summed E-state index contributed by atoms with van der Waals surface area (Å²) in [6.07, 6.45) is 0.